The Labute approximate surface area is 227 Å². The maximum absolute atomic E-state index is 14.3. The summed E-state index contributed by atoms with van der Waals surface area (Å²) >= 11 is 0. The number of pyridine rings is 1. The van der Waals surface area contributed by atoms with Crippen LogP contribution in [0.1, 0.15) is 11.1 Å². The van der Waals surface area contributed by atoms with E-state index in [0.29, 0.717) is 47.0 Å². The summed E-state index contributed by atoms with van der Waals surface area (Å²) in [5.74, 6) is 0.910. The normalized spacial score (nSPS) is 15.1. The van der Waals surface area contributed by atoms with Crippen LogP contribution in [0.4, 0.5) is 29.3 Å². The number of alkyl halides is 3. The molecule has 2 aromatic carbocycles. The third-order valence-electron chi connectivity index (χ3n) is 7.33. The van der Waals surface area contributed by atoms with E-state index < -0.39 is 23.4 Å². The molecule has 12 heteroatoms. The molecule has 40 heavy (non-hydrogen) atoms. The highest BCUT2D eigenvalue weighted by atomic mass is 19.4. The zero-order valence-electron chi connectivity index (χ0n) is 22.1. The molecule has 0 radical (unpaired) electrons. The number of carbonyl (C=O) groups is 1. The first-order valence-corrected chi connectivity index (χ1v) is 12.5. The molecule has 0 aliphatic carbocycles. The highest BCUT2D eigenvalue weighted by Gasteiger charge is 2.38. The van der Waals surface area contributed by atoms with Crippen molar-refractivity contribution in [2.24, 2.45) is 5.92 Å². The fourth-order valence-corrected chi connectivity index (χ4v) is 5.24. The van der Waals surface area contributed by atoms with Crippen molar-refractivity contribution < 1.29 is 37.3 Å². The Hall–Kier alpha value is -4.19. The molecule has 0 atom stereocenters. The van der Waals surface area contributed by atoms with Crippen LogP contribution in [-0.2, 0) is 17.3 Å². The van der Waals surface area contributed by atoms with Crippen LogP contribution in [0, 0.1) is 5.92 Å². The first-order valence-electron chi connectivity index (χ1n) is 12.5. The molecule has 1 N–H and O–H groups in total. The fraction of sp³-hybridized carbons (Fsp3) is 0.357. The number of amides is 1. The lowest BCUT2D eigenvalue weighted by Crippen LogP contribution is -2.48. The van der Waals surface area contributed by atoms with Crippen molar-refractivity contribution >= 4 is 17.5 Å². The number of aromatic nitrogens is 1. The van der Waals surface area contributed by atoms with Gasteiger partial charge in [0, 0.05) is 55.7 Å². The minimum absolute atomic E-state index is 0.0228. The van der Waals surface area contributed by atoms with E-state index in [0.717, 1.165) is 15.5 Å². The van der Waals surface area contributed by atoms with Gasteiger partial charge in [-0.2, -0.15) is 13.2 Å². The molecule has 0 spiro atoms. The van der Waals surface area contributed by atoms with Crippen molar-refractivity contribution in [1.82, 2.24) is 4.57 Å². The predicted molar refractivity (Wildman–Crippen MR) is 142 cm³/mol. The van der Waals surface area contributed by atoms with Crippen LogP contribution in [0.25, 0.3) is 16.8 Å². The fourth-order valence-electron chi connectivity index (χ4n) is 5.24. The van der Waals surface area contributed by atoms with Crippen LogP contribution >= 0.6 is 0 Å². The van der Waals surface area contributed by atoms with E-state index in [9.17, 15) is 27.9 Å². The molecule has 1 saturated heterocycles. The Balaban J connectivity index is 1.79. The molecular weight excluding hydrogens is 531 g/mol. The Morgan fingerprint density at radius 3 is 2.30 bits per heavy atom. The van der Waals surface area contributed by atoms with Gasteiger partial charge in [0.2, 0.25) is 0 Å². The number of aliphatic hydroxyl groups excluding tert-OH is 1. The molecule has 3 heterocycles. The molecule has 3 aromatic rings. The standard InChI is InChI=1S/C28H28F3N3O6/c1-38-19-8-17(9-20(11-19)39-2)22-14-34(26(36)25-21(22)6-7-33(25)27(37)40-3)24-10-18(32-12-16(13-32)15-35)4-5-23(24)28(29,30)31/h4-5,8-11,14,16,35H,6-7,12-13,15H2,1-3H3. The van der Waals surface area contributed by atoms with Gasteiger partial charge in [-0.15, -0.1) is 0 Å². The second-order valence-corrected chi connectivity index (χ2v) is 9.67. The topological polar surface area (TPSA) is 93.5 Å². The van der Waals surface area contributed by atoms with E-state index in [1.165, 1.54) is 39.7 Å². The van der Waals surface area contributed by atoms with E-state index in [4.69, 9.17) is 14.2 Å². The number of nitrogens with zero attached hydrogens (tertiary/aromatic N) is 3. The number of halogens is 3. The summed E-state index contributed by atoms with van der Waals surface area (Å²) in [5, 5.41) is 9.38. The maximum atomic E-state index is 14.3. The van der Waals surface area contributed by atoms with Crippen molar-refractivity contribution in [2.45, 2.75) is 12.6 Å². The minimum atomic E-state index is -4.77. The molecule has 2 aliphatic rings. The van der Waals surface area contributed by atoms with Crippen molar-refractivity contribution in [3.05, 3.63) is 64.1 Å². The zero-order chi connectivity index (χ0) is 28.8. The Bertz CT molecular complexity index is 1490. The monoisotopic (exact) mass is 559 g/mol. The smallest absolute Gasteiger partial charge is 0.418 e. The molecular formula is C28H28F3N3O6. The number of methoxy groups -OCH3 is 3. The molecule has 5 rings (SSSR count). The van der Waals surface area contributed by atoms with Crippen LogP contribution < -0.4 is 24.8 Å². The van der Waals surface area contributed by atoms with Gasteiger partial charge in [0.05, 0.1) is 32.6 Å². The molecule has 9 nitrogen and oxygen atoms in total. The molecule has 0 saturated carbocycles. The second-order valence-electron chi connectivity index (χ2n) is 9.67. The van der Waals surface area contributed by atoms with Gasteiger partial charge in [0.25, 0.3) is 5.56 Å². The lowest BCUT2D eigenvalue weighted by atomic mass is 9.98. The predicted octanol–water partition coefficient (Wildman–Crippen LogP) is 4.10. The molecule has 0 bridgehead atoms. The SMILES string of the molecule is COC(=O)N1CCc2c(-c3cc(OC)cc(OC)c3)cn(-c3cc(N4CC(CO)C4)ccc3C(F)(F)F)c(=O)c21. The molecule has 2 aliphatic heterocycles. The van der Waals surface area contributed by atoms with Gasteiger partial charge in [0.15, 0.2) is 0 Å². The number of hydrogen-bond donors (Lipinski definition) is 1. The summed E-state index contributed by atoms with van der Waals surface area (Å²) in [6.07, 6.45) is -3.89. The molecule has 212 valence electrons. The van der Waals surface area contributed by atoms with Gasteiger partial charge in [-0.3, -0.25) is 14.3 Å². The number of anilines is 2. The number of benzene rings is 2. The van der Waals surface area contributed by atoms with Gasteiger partial charge in [-0.05, 0) is 47.9 Å². The van der Waals surface area contributed by atoms with Gasteiger partial charge in [-0.1, -0.05) is 0 Å². The van der Waals surface area contributed by atoms with Crippen LogP contribution in [0.2, 0.25) is 0 Å². The lowest BCUT2D eigenvalue weighted by Gasteiger charge is -2.40. The first kappa shape index (κ1) is 27.4. The van der Waals surface area contributed by atoms with Gasteiger partial charge in [0.1, 0.15) is 17.2 Å². The Morgan fingerprint density at radius 1 is 1.05 bits per heavy atom. The molecule has 0 unspecified atom stereocenters. The minimum Gasteiger partial charge on any atom is -0.497 e. The number of carbonyl (C=O) groups excluding carboxylic acids is 1. The van der Waals surface area contributed by atoms with E-state index >= 15 is 0 Å². The maximum Gasteiger partial charge on any atom is 0.418 e. The third kappa shape index (κ3) is 4.72. The summed E-state index contributed by atoms with van der Waals surface area (Å²) in [4.78, 5) is 29.5. The summed E-state index contributed by atoms with van der Waals surface area (Å²) in [6.45, 7) is 1.06. The number of aliphatic hydroxyl groups is 1. The van der Waals surface area contributed by atoms with Crippen molar-refractivity contribution in [1.29, 1.82) is 0 Å². The van der Waals surface area contributed by atoms with Crippen LogP contribution in [0.5, 0.6) is 11.5 Å². The number of fused-ring (bicyclic) bond motifs is 1. The van der Waals surface area contributed by atoms with E-state index in [1.807, 2.05) is 4.90 Å². The third-order valence-corrected chi connectivity index (χ3v) is 7.33. The van der Waals surface area contributed by atoms with E-state index in [1.54, 1.807) is 18.2 Å². The van der Waals surface area contributed by atoms with Gasteiger partial charge >= 0.3 is 12.3 Å². The first-order chi connectivity index (χ1) is 19.1. The summed E-state index contributed by atoms with van der Waals surface area (Å²) in [6, 6.07) is 8.64. The highest BCUT2D eigenvalue weighted by molar-refractivity contribution is 5.92. The largest absolute Gasteiger partial charge is 0.497 e. The van der Waals surface area contributed by atoms with Crippen LogP contribution in [0.15, 0.2) is 47.4 Å². The lowest BCUT2D eigenvalue weighted by molar-refractivity contribution is -0.137. The highest BCUT2D eigenvalue weighted by Crippen LogP contribution is 2.41. The summed E-state index contributed by atoms with van der Waals surface area (Å²) in [7, 11) is 4.12. The quantitative estimate of drug-likeness (QED) is 0.486. The molecule has 1 fully saturated rings. The average molecular weight is 560 g/mol. The number of hydrogen-bond acceptors (Lipinski definition) is 7. The molecule has 1 amide bonds. The van der Waals surface area contributed by atoms with E-state index in [-0.39, 0.29) is 36.9 Å². The van der Waals surface area contributed by atoms with Crippen LogP contribution in [-0.4, -0.2) is 63.3 Å². The second kappa shape index (κ2) is 10.4. The summed E-state index contributed by atoms with van der Waals surface area (Å²) < 4.78 is 59.5. The average Bonchev–Trinajstić information content (AvgIpc) is 3.37. The van der Waals surface area contributed by atoms with Gasteiger partial charge < -0.3 is 24.2 Å². The Kier molecular flexibility index (Phi) is 7.13. The van der Waals surface area contributed by atoms with Crippen molar-refractivity contribution in [3.8, 4) is 28.3 Å². The van der Waals surface area contributed by atoms with Crippen molar-refractivity contribution in [2.75, 3.05) is 57.4 Å². The summed E-state index contributed by atoms with van der Waals surface area (Å²) in [5.41, 5.74) is -0.251. The zero-order valence-corrected chi connectivity index (χ0v) is 22.1. The number of ether oxygens (including phenoxy) is 3. The number of rotatable bonds is 6. The van der Waals surface area contributed by atoms with E-state index in [2.05, 4.69) is 0 Å². The molecule has 1 aromatic heterocycles. The van der Waals surface area contributed by atoms with Crippen LogP contribution in [0.3, 0.4) is 0 Å². The van der Waals surface area contributed by atoms with Gasteiger partial charge in [-0.25, -0.2) is 4.79 Å². The Morgan fingerprint density at radius 2 is 1.73 bits per heavy atom. The van der Waals surface area contributed by atoms with Crippen molar-refractivity contribution in [3.63, 3.8) is 0 Å².